The fourth-order valence-corrected chi connectivity index (χ4v) is 2.05. The number of nitro benzene ring substituents is 1. The highest BCUT2D eigenvalue weighted by Crippen LogP contribution is 2.36. The van der Waals surface area contributed by atoms with Crippen LogP contribution in [-0.4, -0.2) is 42.0 Å². The average molecular weight is 338 g/mol. The minimum atomic E-state index is -1.60. The van der Waals surface area contributed by atoms with Crippen LogP contribution in [-0.2, 0) is 15.1 Å². The van der Waals surface area contributed by atoms with Gasteiger partial charge < -0.3 is 14.3 Å². The summed E-state index contributed by atoms with van der Waals surface area (Å²) in [4.78, 5) is 35.9. The molecule has 1 aromatic rings. The summed E-state index contributed by atoms with van der Waals surface area (Å²) >= 11 is 0. The summed E-state index contributed by atoms with van der Waals surface area (Å²) < 4.78 is 10.3. The van der Waals surface area contributed by atoms with Crippen LogP contribution >= 0.6 is 0 Å². The number of likely N-dealkylation sites (N-methyl/N-ethyl adjacent to an activating group) is 1. The van der Waals surface area contributed by atoms with Crippen molar-refractivity contribution in [3.8, 4) is 5.75 Å². The first-order valence-electron chi connectivity index (χ1n) is 7.22. The zero-order chi connectivity index (χ0) is 18.7. The Kier molecular flexibility index (Phi) is 5.54. The summed E-state index contributed by atoms with van der Waals surface area (Å²) in [6.45, 7) is 6.46. The highest BCUT2D eigenvalue weighted by atomic mass is 16.6. The number of benzene rings is 1. The smallest absolute Gasteiger partial charge is 0.411 e. The Hall–Kier alpha value is -2.64. The third kappa shape index (κ3) is 4.01. The normalized spacial score (nSPS) is 13.6. The maximum atomic E-state index is 12.3. The molecule has 1 unspecified atom stereocenters. The average Bonchev–Trinajstić information content (AvgIpc) is 2.50. The first-order chi connectivity index (χ1) is 11.0. The highest BCUT2D eigenvalue weighted by molar-refractivity contribution is 5.79. The van der Waals surface area contributed by atoms with Crippen molar-refractivity contribution < 1.29 is 24.0 Å². The van der Waals surface area contributed by atoms with E-state index in [1.165, 1.54) is 39.3 Å². The van der Waals surface area contributed by atoms with Crippen molar-refractivity contribution in [2.45, 2.75) is 38.8 Å². The van der Waals surface area contributed by atoms with Crippen LogP contribution in [0.1, 0.15) is 33.3 Å². The molecule has 0 aliphatic rings. The Morgan fingerprint density at radius 2 is 1.88 bits per heavy atom. The van der Waals surface area contributed by atoms with Crippen molar-refractivity contribution in [1.29, 1.82) is 0 Å². The molecule has 8 nitrogen and oxygen atoms in total. The topological polar surface area (TPSA) is 99.0 Å². The van der Waals surface area contributed by atoms with Gasteiger partial charge >= 0.3 is 6.09 Å². The van der Waals surface area contributed by atoms with E-state index in [1.54, 1.807) is 20.8 Å². The van der Waals surface area contributed by atoms with E-state index in [9.17, 15) is 19.7 Å². The second kappa shape index (κ2) is 6.86. The molecule has 0 aliphatic carbocycles. The van der Waals surface area contributed by atoms with Crippen molar-refractivity contribution in [2.75, 3.05) is 14.2 Å². The number of hydrogen-bond donors (Lipinski definition) is 0. The van der Waals surface area contributed by atoms with Gasteiger partial charge in [0.05, 0.1) is 17.6 Å². The Balaban J connectivity index is 3.44. The maximum absolute atomic E-state index is 12.3. The first-order valence-corrected chi connectivity index (χ1v) is 7.22. The molecule has 0 aromatic heterocycles. The highest BCUT2D eigenvalue weighted by Gasteiger charge is 2.41. The number of carbonyl (C=O) groups excluding carboxylic acids is 2. The van der Waals surface area contributed by atoms with Crippen LogP contribution in [0.15, 0.2) is 18.2 Å². The Morgan fingerprint density at radius 1 is 1.29 bits per heavy atom. The minimum absolute atomic E-state index is 0.0372. The van der Waals surface area contributed by atoms with Gasteiger partial charge in [0.15, 0.2) is 0 Å². The van der Waals surface area contributed by atoms with E-state index in [0.717, 1.165) is 4.90 Å². The molecule has 0 saturated carbocycles. The number of nitro groups is 1. The van der Waals surface area contributed by atoms with Crippen LogP contribution in [0.4, 0.5) is 10.5 Å². The van der Waals surface area contributed by atoms with E-state index in [1.807, 2.05) is 0 Å². The molecule has 1 atom stereocenters. The zero-order valence-corrected chi connectivity index (χ0v) is 14.7. The van der Waals surface area contributed by atoms with Crippen LogP contribution in [0.3, 0.4) is 0 Å². The molecule has 1 amide bonds. The van der Waals surface area contributed by atoms with Gasteiger partial charge in [-0.3, -0.25) is 15.0 Å². The van der Waals surface area contributed by atoms with E-state index >= 15 is 0 Å². The van der Waals surface area contributed by atoms with Crippen molar-refractivity contribution in [2.24, 2.45) is 0 Å². The molecule has 0 bridgehead atoms. The zero-order valence-electron chi connectivity index (χ0n) is 14.7. The molecule has 1 rings (SSSR count). The number of methoxy groups -OCH3 is 1. The second-order valence-corrected chi connectivity index (χ2v) is 6.44. The first kappa shape index (κ1) is 19.4. The molecule has 132 valence electrons. The van der Waals surface area contributed by atoms with Gasteiger partial charge in [0.25, 0.3) is 5.69 Å². The lowest BCUT2D eigenvalue weighted by Crippen LogP contribution is -2.48. The molecule has 0 fully saturated rings. The fraction of sp³-hybridized carbons (Fsp3) is 0.500. The number of ether oxygens (including phenoxy) is 2. The number of aldehydes is 1. The molecule has 8 heteroatoms. The van der Waals surface area contributed by atoms with Gasteiger partial charge in [0.2, 0.25) is 0 Å². The number of rotatable bonds is 5. The molecular weight excluding hydrogens is 316 g/mol. The number of nitrogens with zero attached hydrogens (tertiary/aromatic N) is 2. The van der Waals surface area contributed by atoms with Crippen LogP contribution in [0.25, 0.3) is 0 Å². The molecule has 1 aromatic carbocycles. The van der Waals surface area contributed by atoms with Gasteiger partial charge in [-0.25, -0.2) is 4.79 Å². The van der Waals surface area contributed by atoms with Crippen molar-refractivity contribution in [3.63, 3.8) is 0 Å². The summed E-state index contributed by atoms with van der Waals surface area (Å²) in [5, 5.41) is 11.3. The summed E-state index contributed by atoms with van der Waals surface area (Å²) in [5.41, 5.74) is -2.62. The maximum Gasteiger partial charge on any atom is 0.411 e. The molecule has 0 saturated heterocycles. The van der Waals surface area contributed by atoms with Gasteiger partial charge in [0.1, 0.15) is 23.2 Å². The van der Waals surface area contributed by atoms with E-state index in [4.69, 9.17) is 9.47 Å². The van der Waals surface area contributed by atoms with Crippen molar-refractivity contribution >= 4 is 18.1 Å². The van der Waals surface area contributed by atoms with Crippen molar-refractivity contribution in [1.82, 2.24) is 4.90 Å². The number of carbonyl (C=O) groups is 2. The summed E-state index contributed by atoms with van der Waals surface area (Å²) in [5.74, 6) is 0.335. The fourth-order valence-electron chi connectivity index (χ4n) is 2.05. The SMILES string of the molecule is COc1ccc([N+](=O)[O-])c(C(C)(C=O)N(C)C(=O)OC(C)(C)C)c1. The Labute approximate surface area is 140 Å². The molecule has 0 N–H and O–H groups in total. The van der Waals surface area contributed by atoms with Crippen molar-refractivity contribution in [3.05, 3.63) is 33.9 Å². The lowest BCUT2D eigenvalue weighted by molar-refractivity contribution is -0.386. The minimum Gasteiger partial charge on any atom is -0.497 e. The molecule has 24 heavy (non-hydrogen) atoms. The second-order valence-electron chi connectivity index (χ2n) is 6.44. The van der Waals surface area contributed by atoms with E-state index in [0.29, 0.717) is 12.0 Å². The van der Waals surface area contributed by atoms with Crippen LogP contribution in [0.5, 0.6) is 5.75 Å². The van der Waals surface area contributed by atoms with E-state index in [-0.39, 0.29) is 11.3 Å². The van der Waals surface area contributed by atoms with Gasteiger partial charge in [0, 0.05) is 13.1 Å². The van der Waals surface area contributed by atoms with E-state index in [2.05, 4.69) is 0 Å². The molecule has 0 radical (unpaired) electrons. The third-order valence-corrected chi connectivity index (χ3v) is 3.54. The third-order valence-electron chi connectivity index (χ3n) is 3.54. The standard InChI is InChI=1S/C16H22N2O6/c1-15(2,3)24-14(20)17(5)16(4,10-19)12-9-11(23-6)7-8-13(12)18(21)22/h7-10H,1-6H3. The predicted octanol–water partition coefficient (Wildman–Crippen LogP) is 2.88. The lowest BCUT2D eigenvalue weighted by atomic mass is 9.90. The van der Waals surface area contributed by atoms with E-state index < -0.39 is 22.2 Å². The number of hydrogen-bond acceptors (Lipinski definition) is 6. The predicted molar refractivity (Wildman–Crippen MR) is 87.1 cm³/mol. The van der Waals surface area contributed by atoms with Crippen LogP contribution in [0.2, 0.25) is 0 Å². The molecule has 0 heterocycles. The largest absolute Gasteiger partial charge is 0.497 e. The quantitative estimate of drug-likeness (QED) is 0.465. The molecule has 0 spiro atoms. The summed E-state index contributed by atoms with van der Waals surface area (Å²) in [7, 11) is 2.76. The van der Waals surface area contributed by atoms with Crippen LogP contribution in [0, 0.1) is 10.1 Å². The number of amides is 1. The summed E-state index contributed by atoms with van der Waals surface area (Å²) in [6.07, 6.45) is -0.298. The van der Waals surface area contributed by atoms with Gasteiger partial charge in [-0.2, -0.15) is 0 Å². The monoisotopic (exact) mass is 338 g/mol. The summed E-state index contributed by atoms with van der Waals surface area (Å²) in [6, 6.07) is 4.02. The molecule has 0 aliphatic heterocycles. The Bertz CT molecular complexity index is 652. The van der Waals surface area contributed by atoms with Gasteiger partial charge in [-0.1, -0.05) is 0 Å². The van der Waals surface area contributed by atoms with Gasteiger partial charge in [-0.15, -0.1) is 0 Å². The lowest BCUT2D eigenvalue weighted by Gasteiger charge is -2.35. The Morgan fingerprint density at radius 3 is 2.29 bits per heavy atom. The molecular formula is C16H22N2O6. The van der Waals surface area contributed by atoms with Crippen LogP contribution < -0.4 is 4.74 Å². The van der Waals surface area contributed by atoms with Gasteiger partial charge in [-0.05, 0) is 39.8 Å².